The van der Waals surface area contributed by atoms with E-state index in [1.165, 1.54) is 18.2 Å². The minimum atomic E-state index is -0.514. The highest BCUT2D eigenvalue weighted by molar-refractivity contribution is 5.80. The first-order chi connectivity index (χ1) is 12.3. The molecule has 3 N–H and O–H groups in total. The third kappa shape index (κ3) is 6.12. The largest absolute Gasteiger partial charge is 0.365 e. The Morgan fingerprint density at radius 2 is 1.96 bits per heavy atom. The summed E-state index contributed by atoms with van der Waals surface area (Å²) in [7, 11) is 0. The van der Waals surface area contributed by atoms with Crippen LogP contribution in [0.3, 0.4) is 0 Å². The van der Waals surface area contributed by atoms with Gasteiger partial charge in [-0.15, -0.1) is 0 Å². The van der Waals surface area contributed by atoms with Crippen LogP contribution in [0.2, 0.25) is 0 Å². The summed E-state index contributed by atoms with van der Waals surface area (Å²) in [5, 5.41) is 10.0. The second-order valence-electron chi connectivity index (χ2n) is 7.58. The van der Waals surface area contributed by atoms with Gasteiger partial charge >= 0.3 is 0 Å². The van der Waals surface area contributed by atoms with Gasteiger partial charge in [0.2, 0.25) is 0 Å². The maximum atomic E-state index is 14.0. The Morgan fingerprint density at radius 3 is 2.58 bits per heavy atom. The molecule has 2 rings (SSSR count). The first-order valence-corrected chi connectivity index (χ1v) is 9.29. The monoisotopic (exact) mass is 367 g/mol. The molecule has 26 heavy (non-hydrogen) atoms. The van der Waals surface area contributed by atoms with E-state index in [1.54, 1.807) is 4.90 Å². The van der Waals surface area contributed by atoms with Gasteiger partial charge in [0.05, 0.1) is 6.54 Å². The van der Waals surface area contributed by atoms with Crippen molar-refractivity contribution in [1.82, 2.24) is 16.0 Å². The van der Waals surface area contributed by atoms with Crippen LogP contribution in [0.1, 0.15) is 34.1 Å². The Balaban J connectivity index is 1.91. The summed E-state index contributed by atoms with van der Waals surface area (Å²) in [6.45, 7) is 11.7. The average Bonchev–Trinajstić information content (AvgIpc) is 2.99. The minimum Gasteiger partial charge on any atom is -0.365 e. The summed E-state index contributed by atoms with van der Waals surface area (Å²) in [5.41, 5.74) is 0.130. The smallest absolute Gasteiger partial charge is 0.191 e. The number of para-hydroxylation sites is 1. The van der Waals surface area contributed by atoms with Gasteiger partial charge in [0.1, 0.15) is 17.3 Å². The van der Waals surface area contributed by atoms with E-state index in [2.05, 4.69) is 41.7 Å². The summed E-state index contributed by atoms with van der Waals surface area (Å²) < 4.78 is 27.9. The number of halogens is 2. The van der Waals surface area contributed by atoms with Gasteiger partial charge in [-0.3, -0.25) is 4.99 Å². The number of rotatable bonds is 6. The Hall–Kier alpha value is -1.89. The maximum Gasteiger partial charge on any atom is 0.191 e. The van der Waals surface area contributed by atoms with E-state index in [4.69, 9.17) is 0 Å². The molecule has 0 aromatic heterocycles. The minimum absolute atomic E-state index is 0.0631. The van der Waals surface area contributed by atoms with Gasteiger partial charge in [0, 0.05) is 37.8 Å². The van der Waals surface area contributed by atoms with Gasteiger partial charge in [-0.25, -0.2) is 8.78 Å². The SMILES string of the molecule is CCNC(=NCCNC(C)(C)C)NC1CCN(c2c(F)cccc2F)C1. The second-order valence-corrected chi connectivity index (χ2v) is 7.58. The van der Waals surface area contributed by atoms with Crippen molar-refractivity contribution in [2.45, 2.75) is 45.7 Å². The summed E-state index contributed by atoms with van der Waals surface area (Å²) in [4.78, 5) is 6.34. The van der Waals surface area contributed by atoms with Crippen molar-refractivity contribution in [3.63, 3.8) is 0 Å². The zero-order valence-corrected chi connectivity index (χ0v) is 16.2. The molecular formula is C19H31F2N5. The first kappa shape index (κ1) is 20.4. The van der Waals surface area contributed by atoms with Crippen LogP contribution in [0.4, 0.5) is 14.5 Å². The van der Waals surface area contributed by atoms with Crippen LogP contribution in [0, 0.1) is 11.6 Å². The fourth-order valence-electron chi connectivity index (χ4n) is 2.98. The third-order valence-corrected chi connectivity index (χ3v) is 4.16. The predicted octanol–water partition coefficient (Wildman–Crippen LogP) is 2.49. The number of hydrogen-bond acceptors (Lipinski definition) is 3. The molecule has 5 nitrogen and oxygen atoms in total. The van der Waals surface area contributed by atoms with Crippen molar-refractivity contribution in [2.24, 2.45) is 4.99 Å². The lowest BCUT2D eigenvalue weighted by Crippen LogP contribution is -2.45. The number of benzene rings is 1. The summed E-state index contributed by atoms with van der Waals surface area (Å²) in [5.74, 6) is -0.289. The average molecular weight is 367 g/mol. The Kier molecular flexibility index (Phi) is 7.20. The van der Waals surface area contributed by atoms with Crippen LogP contribution < -0.4 is 20.9 Å². The molecule has 1 aliphatic rings. The number of hydrogen-bond donors (Lipinski definition) is 3. The number of guanidine groups is 1. The maximum absolute atomic E-state index is 14.0. The molecule has 0 saturated carbocycles. The zero-order chi connectivity index (χ0) is 19.2. The van der Waals surface area contributed by atoms with Crippen molar-refractivity contribution >= 4 is 11.6 Å². The molecule has 1 saturated heterocycles. The van der Waals surface area contributed by atoms with Crippen LogP contribution in [0.5, 0.6) is 0 Å². The van der Waals surface area contributed by atoms with Gasteiger partial charge in [0.15, 0.2) is 5.96 Å². The van der Waals surface area contributed by atoms with Crippen molar-refractivity contribution in [3.05, 3.63) is 29.8 Å². The van der Waals surface area contributed by atoms with E-state index in [9.17, 15) is 8.78 Å². The highest BCUT2D eigenvalue weighted by atomic mass is 19.1. The lowest BCUT2D eigenvalue weighted by Gasteiger charge is -2.22. The van der Waals surface area contributed by atoms with Gasteiger partial charge in [-0.05, 0) is 46.2 Å². The van der Waals surface area contributed by atoms with Crippen molar-refractivity contribution in [2.75, 3.05) is 37.6 Å². The molecule has 1 unspecified atom stereocenters. The summed E-state index contributed by atoms with van der Waals surface area (Å²) in [6, 6.07) is 4.09. The highest BCUT2D eigenvalue weighted by Gasteiger charge is 2.27. The molecule has 7 heteroatoms. The normalized spacial score (nSPS) is 18.3. The zero-order valence-electron chi connectivity index (χ0n) is 16.2. The predicted molar refractivity (Wildman–Crippen MR) is 104 cm³/mol. The summed E-state index contributed by atoms with van der Waals surface area (Å²) >= 11 is 0. The molecule has 1 fully saturated rings. The van der Waals surface area contributed by atoms with Gasteiger partial charge in [-0.1, -0.05) is 6.07 Å². The lowest BCUT2D eigenvalue weighted by atomic mass is 10.1. The Labute approximate surface area is 155 Å². The molecule has 0 spiro atoms. The van der Waals surface area contributed by atoms with Crippen molar-refractivity contribution < 1.29 is 8.78 Å². The Bertz CT molecular complexity index is 592. The van der Waals surface area contributed by atoms with E-state index in [0.29, 0.717) is 19.6 Å². The molecule has 1 aliphatic heterocycles. The molecule has 0 bridgehead atoms. The van der Waals surface area contributed by atoms with Crippen LogP contribution in [-0.2, 0) is 0 Å². The number of nitrogens with zero attached hydrogens (tertiary/aromatic N) is 2. The molecule has 0 radical (unpaired) electrons. The van der Waals surface area contributed by atoms with Gasteiger partial charge in [0.25, 0.3) is 0 Å². The van der Waals surface area contributed by atoms with Crippen LogP contribution in [0.15, 0.2) is 23.2 Å². The van der Waals surface area contributed by atoms with Crippen molar-refractivity contribution in [1.29, 1.82) is 0 Å². The standard InChI is InChI=1S/C19H31F2N5/c1-5-22-18(23-10-11-24-19(2,3)4)25-14-9-12-26(13-14)17-15(20)7-6-8-16(17)21/h6-8,14,24H,5,9-13H2,1-4H3,(H2,22,23,25). The van der Waals surface area contributed by atoms with E-state index in [0.717, 1.165) is 25.5 Å². The molecule has 1 atom stereocenters. The molecular weight excluding hydrogens is 336 g/mol. The van der Waals surface area contributed by atoms with Crippen LogP contribution in [0.25, 0.3) is 0 Å². The van der Waals surface area contributed by atoms with E-state index in [1.807, 2.05) is 6.92 Å². The number of aliphatic imine (C=N–C) groups is 1. The van der Waals surface area contributed by atoms with Gasteiger partial charge < -0.3 is 20.9 Å². The van der Waals surface area contributed by atoms with Crippen LogP contribution >= 0.6 is 0 Å². The van der Waals surface area contributed by atoms with E-state index >= 15 is 0 Å². The Morgan fingerprint density at radius 1 is 1.27 bits per heavy atom. The van der Waals surface area contributed by atoms with Crippen LogP contribution in [-0.4, -0.2) is 50.3 Å². The second kappa shape index (κ2) is 9.16. The molecule has 1 aromatic carbocycles. The highest BCUT2D eigenvalue weighted by Crippen LogP contribution is 2.26. The van der Waals surface area contributed by atoms with E-state index < -0.39 is 11.6 Å². The molecule has 1 aromatic rings. The molecule has 1 heterocycles. The van der Waals surface area contributed by atoms with Gasteiger partial charge in [-0.2, -0.15) is 0 Å². The molecule has 0 amide bonds. The lowest BCUT2D eigenvalue weighted by molar-refractivity contribution is 0.432. The number of anilines is 1. The topological polar surface area (TPSA) is 51.7 Å². The quantitative estimate of drug-likeness (QED) is 0.411. The molecule has 146 valence electrons. The molecule has 0 aliphatic carbocycles. The third-order valence-electron chi connectivity index (χ3n) is 4.16. The van der Waals surface area contributed by atoms with E-state index in [-0.39, 0.29) is 17.3 Å². The fourth-order valence-corrected chi connectivity index (χ4v) is 2.98. The van der Waals surface area contributed by atoms with Crippen molar-refractivity contribution in [3.8, 4) is 0 Å². The number of nitrogens with one attached hydrogen (secondary N) is 3. The fraction of sp³-hybridized carbons (Fsp3) is 0.632. The first-order valence-electron chi connectivity index (χ1n) is 9.29. The summed E-state index contributed by atoms with van der Waals surface area (Å²) in [6.07, 6.45) is 0.804.